The van der Waals surface area contributed by atoms with Crippen molar-refractivity contribution < 1.29 is 4.74 Å². The molecule has 1 atom stereocenters. The molecule has 0 fully saturated rings. The smallest absolute Gasteiger partial charge is 0.119 e. The van der Waals surface area contributed by atoms with Crippen LogP contribution < -0.4 is 4.74 Å². The van der Waals surface area contributed by atoms with Crippen LogP contribution in [0.15, 0.2) is 30.3 Å². The Morgan fingerprint density at radius 1 is 0.941 bits per heavy atom. The zero-order valence-corrected chi connectivity index (χ0v) is 11.5. The zero-order valence-electron chi connectivity index (χ0n) is 11.5. The number of para-hydroxylation sites is 1. The molecule has 0 N–H and O–H groups in total. The second kappa shape index (κ2) is 8.16. The summed E-state index contributed by atoms with van der Waals surface area (Å²) in [5.74, 6) is 2.60. The van der Waals surface area contributed by atoms with Crippen molar-refractivity contribution in [2.75, 3.05) is 6.61 Å². The standard InChI is InChI=1S/C16H26O/c1-14(2)8-7-9-15(3)12-13-17-16-10-5-4-6-11-16/h4-6,10-11,14-15H,7-9,12-13H2,1-3H3. The van der Waals surface area contributed by atoms with Crippen LogP contribution in [0.1, 0.15) is 46.5 Å². The lowest BCUT2D eigenvalue weighted by Gasteiger charge is -2.13. The van der Waals surface area contributed by atoms with E-state index in [0.717, 1.165) is 30.6 Å². The summed E-state index contributed by atoms with van der Waals surface area (Å²) in [7, 11) is 0. The van der Waals surface area contributed by atoms with E-state index in [2.05, 4.69) is 20.8 Å². The van der Waals surface area contributed by atoms with Gasteiger partial charge >= 0.3 is 0 Å². The molecule has 1 rings (SSSR count). The van der Waals surface area contributed by atoms with Crippen LogP contribution in [0.3, 0.4) is 0 Å². The predicted molar refractivity (Wildman–Crippen MR) is 74.4 cm³/mol. The molecule has 0 bridgehead atoms. The van der Waals surface area contributed by atoms with Gasteiger partial charge in [0.05, 0.1) is 6.61 Å². The molecule has 0 spiro atoms. The molecule has 0 aromatic heterocycles. The van der Waals surface area contributed by atoms with E-state index in [1.54, 1.807) is 0 Å². The third-order valence-electron chi connectivity index (χ3n) is 3.10. The highest BCUT2D eigenvalue weighted by atomic mass is 16.5. The molecule has 0 saturated heterocycles. The molecule has 0 aliphatic carbocycles. The summed E-state index contributed by atoms with van der Waals surface area (Å²) in [6.07, 6.45) is 5.19. The van der Waals surface area contributed by atoms with E-state index in [1.165, 1.54) is 19.3 Å². The van der Waals surface area contributed by atoms with Gasteiger partial charge in [-0.3, -0.25) is 0 Å². The first-order chi connectivity index (χ1) is 8.18. The van der Waals surface area contributed by atoms with Gasteiger partial charge in [-0.2, -0.15) is 0 Å². The number of hydrogen-bond acceptors (Lipinski definition) is 1. The Kier molecular flexibility index (Phi) is 6.76. The highest BCUT2D eigenvalue weighted by Gasteiger charge is 2.03. The molecule has 0 aliphatic heterocycles. The Morgan fingerprint density at radius 2 is 1.65 bits per heavy atom. The maximum absolute atomic E-state index is 5.70. The van der Waals surface area contributed by atoms with Crippen LogP contribution in [0.25, 0.3) is 0 Å². The van der Waals surface area contributed by atoms with Crippen LogP contribution >= 0.6 is 0 Å². The van der Waals surface area contributed by atoms with E-state index in [9.17, 15) is 0 Å². The fraction of sp³-hybridized carbons (Fsp3) is 0.625. The summed E-state index contributed by atoms with van der Waals surface area (Å²) in [5, 5.41) is 0. The Bertz CT molecular complexity index is 279. The quantitative estimate of drug-likeness (QED) is 0.620. The van der Waals surface area contributed by atoms with Gasteiger partial charge in [0.15, 0.2) is 0 Å². The van der Waals surface area contributed by atoms with Crippen molar-refractivity contribution in [1.82, 2.24) is 0 Å². The molecule has 0 amide bonds. The summed E-state index contributed by atoms with van der Waals surface area (Å²) < 4.78 is 5.70. The Hall–Kier alpha value is -0.980. The van der Waals surface area contributed by atoms with E-state index in [4.69, 9.17) is 4.74 Å². The minimum Gasteiger partial charge on any atom is -0.494 e. The summed E-state index contributed by atoms with van der Waals surface area (Å²) in [6, 6.07) is 10.1. The maximum Gasteiger partial charge on any atom is 0.119 e. The first-order valence-corrected chi connectivity index (χ1v) is 6.86. The van der Waals surface area contributed by atoms with Gasteiger partial charge in [-0.1, -0.05) is 58.2 Å². The number of benzene rings is 1. The summed E-state index contributed by atoms with van der Waals surface area (Å²) in [5.41, 5.74) is 0. The van der Waals surface area contributed by atoms with Crippen LogP contribution in [0.5, 0.6) is 5.75 Å². The van der Waals surface area contributed by atoms with Crippen LogP contribution in [0, 0.1) is 11.8 Å². The SMILES string of the molecule is CC(C)CCCC(C)CCOc1ccccc1. The molecule has 1 aromatic carbocycles. The van der Waals surface area contributed by atoms with E-state index in [-0.39, 0.29) is 0 Å². The topological polar surface area (TPSA) is 9.23 Å². The molecule has 0 aliphatic rings. The average Bonchev–Trinajstić information content (AvgIpc) is 2.30. The molecule has 0 heterocycles. The zero-order chi connectivity index (χ0) is 12.5. The maximum atomic E-state index is 5.70. The summed E-state index contributed by atoms with van der Waals surface area (Å²) >= 11 is 0. The second-order valence-electron chi connectivity index (χ2n) is 5.38. The van der Waals surface area contributed by atoms with Crippen molar-refractivity contribution in [3.63, 3.8) is 0 Å². The number of rotatable bonds is 8. The normalized spacial score (nSPS) is 12.7. The molecule has 96 valence electrons. The van der Waals surface area contributed by atoms with Crippen LogP contribution in [-0.2, 0) is 0 Å². The van der Waals surface area contributed by atoms with Crippen LogP contribution in [0.4, 0.5) is 0 Å². The largest absolute Gasteiger partial charge is 0.494 e. The van der Waals surface area contributed by atoms with Gasteiger partial charge in [0.25, 0.3) is 0 Å². The van der Waals surface area contributed by atoms with Crippen molar-refractivity contribution >= 4 is 0 Å². The third-order valence-corrected chi connectivity index (χ3v) is 3.10. The van der Waals surface area contributed by atoms with Gasteiger partial charge < -0.3 is 4.74 Å². The predicted octanol–water partition coefficient (Wildman–Crippen LogP) is 4.92. The minimum absolute atomic E-state index is 0.775. The molecular formula is C16H26O. The molecule has 0 radical (unpaired) electrons. The van der Waals surface area contributed by atoms with Crippen LogP contribution in [-0.4, -0.2) is 6.61 Å². The Labute approximate surface area is 106 Å². The lowest BCUT2D eigenvalue weighted by atomic mass is 9.98. The third kappa shape index (κ3) is 7.04. The van der Waals surface area contributed by atoms with Crippen molar-refractivity contribution in [3.05, 3.63) is 30.3 Å². The fourth-order valence-corrected chi connectivity index (χ4v) is 1.91. The molecule has 1 nitrogen and oxygen atoms in total. The monoisotopic (exact) mass is 234 g/mol. The van der Waals surface area contributed by atoms with Crippen molar-refractivity contribution in [1.29, 1.82) is 0 Å². The Balaban J connectivity index is 2.06. The van der Waals surface area contributed by atoms with Gasteiger partial charge in [-0.15, -0.1) is 0 Å². The van der Waals surface area contributed by atoms with Gasteiger partial charge in [-0.25, -0.2) is 0 Å². The van der Waals surface area contributed by atoms with Crippen molar-refractivity contribution in [3.8, 4) is 5.75 Å². The molecule has 1 aromatic rings. The van der Waals surface area contributed by atoms with Crippen molar-refractivity contribution in [2.45, 2.75) is 46.5 Å². The lowest BCUT2D eigenvalue weighted by Crippen LogP contribution is -2.04. The molecule has 1 heteroatoms. The van der Waals surface area contributed by atoms with E-state index in [1.807, 2.05) is 30.3 Å². The van der Waals surface area contributed by atoms with Gasteiger partial charge in [0, 0.05) is 0 Å². The second-order valence-corrected chi connectivity index (χ2v) is 5.38. The summed E-state index contributed by atoms with van der Waals surface area (Å²) in [6.45, 7) is 7.76. The fourth-order valence-electron chi connectivity index (χ4n) is 1.91. The highest BCUT2D eigenvalue weighted by Crippen LogP contribution is 2.16. The first kappa shape index (κ1) is 14.1. The molecule has 0 saturated carbocycles. The van der Waals surface area contributed by atoms with Crippen LogP contribution in [0.2, 0.25) is 0 Å². The van der Waals surface area contributed by atoms with Gasteiger partial charge in [-0.05, 0) is 30.4 Å². The number of ether oxygens (including phenoxy) is 1. The van der Waals surface area contributed by atoms with E-state index in [0.29, 0.717) is 0 Å². The highest BCUT2D eigenvalue weighted by molar-refractivity contribution is 5.20. The van der Waals surface area contributed by atoms with Gasteiger partial charge in [0.2, 0.25) is 0 Å². The first-order valence-electron chi connectivity index (χ1n) is 6.86. The van der Waals surface area contributed by atoms with E-state index >= 15 is 0 Å². The molecule has 17 heavy (non-hydrogen) atoms. The van der Waals surface area contributed by atoms with Gasteiger partial charge in [0.1, 0.15) is 5.75 Å². The molecule has 1 unspecified atom stereocenters. The Morgan fingerprint density at radius 3 is 2.29 bits per heavy atom. The molecular weight excluding hydrogens is 208 g/mol. The minimum atomic E-state index is 0.775. The number of hydrogen-bond donors (Lipinski definition) is 0. The van der Waals surface area contributed by atoms with Crippen molar-refractivity contribution in [2.24, 2.45) is 11.8 Å². The average molecular weight is 234 g/mol. The van der Waals surface area contributed by atoms with E-state index < -0.39 is 0 Å². The lowest BCUT2D eigenvalue weighted by molar-refractivity contribution is 0.276. The summed E-state index contributed by atoms with van der Waals surface area (Å²) in [4.78, 5) is 0.